The summed E-state index contributed by atoms with van der Waals surface area (Å²) in [5.41, 5.74) is 8.10. The summed E-state index contributed by atoms with van der Waals surface area (Å²) in [5, 5.41) is 0. The van der Waals surface area contributed by atoms with E-state index in [1.807, 2.05) is 0 Å². The van der Waals surface area contributed by atoms with Crippen molar-refractivity contribution in [1.82, 2.24) is 0 Å². The van der Waals surface area contributed by atoms with E-state index in [1.165, 1.54) is 0 Å². The van der Waals surface area contributed by atoms with Gasteiger partial charge in [-0.3, -0.25) is 5.73 Å². The molecule has 7 heavy (non-hydrogen) atoms. The minimum absolute atomic E-state index is 0. The number of nitrogens with one attached hydrogen (secondary N) is 1. The van der Waals surface area contributed by atoms with Gasteiger partial charge in [-0.15, -0.1) is 4.76 Å². The molecule has 0 rings (SSSR count). The molecule has 4 nitrogen and oxygen atoms in total. The zero-order valence-corrected chi connectivity index (χ0v) is 5.72. The largest absolute Gasteiger partial charge is 3.00 e. The second-order valence-corrected chi connectivity index (χ2v) is 1.13. The van der Waals surface area contributed by atoms with Crippen LogP contribution in [0.1, 0.15) is 0 Å². The summed E-state index contributed by atoms with van der Waals surface area (Å²) in [5.74, 6) is 0.215. The minimum Gasteiger partial charge on any atom is -0.253 e. The molecule has 0 aromatic heterocycles. The van der Waals surface area contributed by atoms with Gasteiger partial charge in [-0.05, 0) is 0 Å². The molecule has 0 atom stereocenters. The van der Waals surface area contributed by atoms with Gasteiger partial charge in [0.15, 0.2) is 0 Å². The van der Waals surface area contributed by atoms with Gasteiger partial charge in [-0.25, -0.2) is 10.3 Å². The normalized spacial score (nSPS) is 10.7. The monoisotopic (exact) mass is 159 g/mol. The van der Waals surface area contributed by atoms with Gasteiger partial charge in [-0.2, -0.15) is 0 Å². The van der Waals surface area contributed by atoms with Crippen LogP contribution in [0, 0.1) is 0 Å². The summed E-state index contributed by atoms with van der Waals surface area (Å²) in [7, 11) is -0.201. The Bertz CT molecular complexity index is 79.0. The van der Waals surface area contributed by atoms with Gasteiger partial charge in [-0.1, -0.05) is 0 Å². The molecule has 0 aromatic rings. The molecule has 0 fully saturated rings. The third-order valence-electron chi connectivity index (χ3n) is 0.189. The first kappa shape index (κ1) is 10.1. The number of nitrogens with two attached hydrogens (primary N) is 1. The molecule has 0 saturated heterocycles. The van der Waals surface area contributed by atoms with E-state index in [4.69, 9.17) is 5.73 Å². The van der Waals surface area contributed by atoms with E-state index in [0.717, 1.165) is 0 Å². The number of rotatable bonds is 1. The van der Waals surface area contributed by atoms with Crippen LogP contribution >= 0.6 is 8.61 Å². The van der Waals surface area contributed by atoms with Gasteiger partial charge in [0.1, 0.15) is 0 Å². The number of hydrogen-bond acceptors (Lipinski definition) is 1. The predicted molar refractivity (Wildman–Crippen MR) is 20.7 cm³/mol. The summed E-state index contributed by atoms with van der Waals surface area (Å²) >= 11 is 0. The standard InChI is InChI=1S/CH4N3OP.Cr/c2-1(3)4-6-5;/h(H4,2,3,4,5);/q;+3/p+2. The number of hydrogen-bond donors (Lipinski definition) is 3. The van der Waals surface area contributed by atoms with Crippen molar-refractivity contribution >= 4 is 14.6 Å². The summed E-state index contributed by atoms with van der Waals surface area (Å²) in [4.78, 5) is 0. The Kier molecular flexibility index (Phi) is 8.77. The molecule has 0 aliphatic rings. The predicted octanol–water partition coefficient (Wildman–Crippen LogP) is -3.17. The Hall–Kier alpha value is 0.0625. The van der Waals surface area contributed by atoms with Gasteiger partial charge in [0.2, 0.25) is 0 Å². The second kappa shape index (κ2) is 6.06. The van der Waals surface area contributed by atoms with E-state index in [2.05, 4.69) is 10.5 Å². The first-order valence-electron chi connectivity index (χ1n) is 1.30. The van der Waals surface area contributed by atoms with Crippen molar-refractivity contribution in [2.75, 3.05) is 0 Å². The van der Waals surface area contributed by atoms with E-state index in [9.17, 15) is 4.57 Å². The SMILES string of the molecule is NC([NH3+])=[NH+]P=O.[Cr+3]. The smallest absolute Gasteiger partial charge is 0.253 e. The van der Waals surface area contributed by atoms with Crippen molar-refractivity contribution in [3.63, 3.8) is 0 Å². The fourth-order valence-electron chi connectivity index (χ4n) is 0.0586. The maximum atomic E-state index is 9.46. The molecule has 0 bridgehead atoms. The van der Waals surface area contributed by atoms with Gasteiger partial charge < -0.3 is 0 Å². The molecular weight excluding hydrogens is 153 g/mol. The first-order chi connectivity index (χ1) is 2.77. The van der Waals surface area contributed by atoms with Gasteiger partial charge >= 0.3 is 31.9 Å². The average molecular weight is 159 g/mol. The van der Waals surface area contributed by atoms with E-state index in [0.29, 0.717) is 0 Å². The van der Waals surface area contributed by atoms with Crippen molar-refractivity contribution in [1.29, 1.82) is 0 Å². The Morgan fingerprint density at radius 1 is 1.86 bits per heavy atom. The number of quaternary nitrogens is 1. The molecule has 0 aliphatic carbocycles. The molecular formula is CH6CrN3OP+5. The quantitative estimate of drug-likeness (QED) is 0.214. The Morgan fingerprint density at radius 2 is 2.29 bits per heavy atom. The molecule has 0 unspecified atom stereocenters. The van der Waals surface area contributed by atoms with Crippen molar-refractivity contribution in [3.8, 4) is 0 Å². The zero-order chi connectivity index (χ0) is 4.99. The van der Waals surface area contributed by atoms with Gasteiger partial charge in [0.05, 0.1) is 0 Å². The fourth-order valence-corrected chi connectivity index (χ4v) is 0.176. The molecule has 0 amide bonds. The molecule has 6 N–H and O–H groups in total. The van der Waals surface area contributed by atoms with E-state index >= 15 is 0 Å². The first-order valence-corrected chi connectivity index (χ1v) is 2.11. The van der Waals surface area contributed by atoms with Crippen LogP contribution in [0.4, 0.5) is 0 Å². The van der Waals surface area contributed by atoms with Crippen LogP contribution in [0.3, 0.4) is 0 Å². The second-order valence-electron chi connectivity index (χ2n) is 0.728. The van der Waals surface area contributed by atoms with Gasteiger partial charge in [0.25, 0.3) is 0 Å². The third-order valence-corrected chi connectivity index (χ3v) is 0.568. The van der Waals surface area contributed by atoms with Crippen molar-refractivity contribution in [2.24, 2.45) is 5.73 Å². The molecule has 0 saturated carbocycles. The summed E-state index contributed by atoms with van der Waals surface area (Å²) in [6, 6.07) is 0. The van der Waals surface area contributed by atoms with Crippen LogP contribution in [0.2, 0.25) is 0 Å². The molecule has 0 spiro atoms. The van der Waals surface area contributed by atoms with Crippen LogP contribution in [-0.2, 0) is 21.9 Å². The van der Waals surface area contributed by atoms with Crippen molar-refractivity contribution in [2.45, 2.75) is 0 Å². The van der Waals surface area contributed by atoms with Crippen LogP contribution in [0.15, 0.2) is 0 Å². The zero-order valence-electron chi connectivity index (χ0n) is 3.55. The summed E-state index contributed by atoms with van der Waals surface area (Å²) in [6.45, 7) is 0. The molecule has 0 heterocycles. The average Bonchev–Trinajstić information content (AvgIpc) is 1.35. The molecule has 0 aliphatic heterocycles. The van der Waals surface area contributed by atoms with Crippen molar-refractivity contribution in [3.05, 3.63) is 0 Å². The maximum Gasteiger partial charge on any atom is 3.00 e. The molecule has 37 valence electrons. The van der Waals surface area contributed by atoms with E-state index in [-0.39, 0.29) is 31.9 Å². The molecule has 6 heteroatoms. The van der Waals surface area contributed by atoms with E-state index in [1.54, 1.807) is 0 Å². The Labute approximate surface area is 53.4 Å². The van der Waals surface area contributed by atoms with Crippen LogP contribution in [0.25, 0.3) is 0 Å². The topological polar surface area (TPSA) is 84.7 Å². The molecule has 1 radical (unpaired) electrons. The maximum absolute atomic E-state index is 9.46. The summed E-state index contributed by atoms with van der Waals surface area (Å²) < 4.78 is 11.7. The van der Waals surface area contributed by atoms with E-state index < -0.39 is 0 Å². The minimum atomic E-state index is -0.201. The number of guanidine groups is 1. The van der Waals surface area contributed by atoms with Crippen LogP contribution in [0.5, 0.6) is 0 Å². The van der Waals surface area contributed by atoms with Gasteiger partial charge in [0, 0.05) is 0 Å². The van der Waals surface area contributed by atoms with Crippen LogP contribution in [-0.4, -0.2) is 5.96 Å². The summed E-state index contributed by atoms with van der Waals surface area (Å²) in [6.07, 6.45) is 0. The molecule has 0 aromatic carbocycles. The van der Waals surface area contributed by atoms with Crippen molar-refractivity contribution < 1.29 is 32.4 Å². The Balaban J connectivity index is 0. The fraction of sp³-hybridized carbons (Fsp3) is 0. The Morgan fingerprint density at radius 3 is 2.29 bits per heavy atom. The third kappa shape index (κ3) is 10.7. The van der Waals surface area contributed by atoms with Crippen LogP contribution < -0.4 is 16.2 Å².